The van der Waals surface area contributed by atoms with Crippen LogP contribution in [-0.2, 0) is 0 Å². The summed E-state index contributed by atoms with van der Waals surface area (Å²) in [4.78, 5) is 4.79. The van der Waals surface area contributed by atoms with Crippen LogP contribution in [0.5, 0.6) is 0 Å². The molecule has 0 N–H and O–H groups in total. The summed E-state index contributed by atoms with van der Waals surface area (Å²) in [6.07, 6.45) is 0. The molecule has 35 heavy (non-hydrogen) atoms. The molecule has 0 amide bonds. The SMILES string of the molecule is CC1(C)CN(N=Nc2ccc(C#N)cc2)CN1CN1CN(N=Nc2ccc(C#N)cc2)CC1(C)C. The molecule has 2 aliphatic heterocycles. The Morgan fingerprint density at radius 2 is 1.06 bits per heavy atom. The lowest BCUT2D eigenvalue weighted by Gasteiger charge is -2.37. The first-order chi connectivity index (χ1) is 16.7. The summed E-state index contributed by atoms with van der Waals surface area (Å²) < 4.78 is 0. The second-order valence-electron chi connectivity index (χ2n) is 10.2. The Bertz CT molecular complexity index is 1080. The van der Waals surface area contributed by atoms with Gasteiger partial charge >= 0.3 is 0 Å². The predicted molar refractivity (Wildman–Crippen MR) is 131 cm³/mol. The summed E-state index contributed by atoms with van der Waals surface area (Å²) in [5.74, 6) is 0. The van der Waals surface area contributed by atoms with E-state index in [9.17, 15) is 0 Å². The van der Waals surface area contributed by atoms with Gasteiger partial charge in [0, 0.05) is 11.1 Å². The quantitative estimate of drug-likeness (QED) is 0.561. The number of hydrogen-bond donors (Lipinski definition) is 0. The van der Waals surface area contributed by atoms with E-state index in [4.69, 9.17) is 10.5 Å². The second-order valence-corrected chi connectivity index (χ2v) is 10.2. The van der Waals surface area contributed by atoms with Crippen molar-refractivity contribution < 1.29 is 0 Å². The van der Waals surface area contributed by atoms with E-state index >= 15 is 0 Å². The number of nitriles is 2. The van der Waals surface area contributed by atoms with E-state index in [-0.39, 0.29) is 11.1 Å². The van der Waals surface area contributed by atoms with Crippen molar-refractivity contribution in [3.8, 4) is 12.1 Å². The molecular weight excluding hydrogens is 440 g/mol. The lowest BCUT2D eigenvalue weighted by molar-refractivity contribution is 0.0416. The maximum absolute atomic E-state index is 8.94. The summed E-state index contributed by atoms with van der Waals surface area (Å²) in [5.41, 5.74) is 2.52. The van der Waals surface area contributed by atoms with E-state index in [1.807, 2.05) is 10.0 Å². The van der Waals surface area contributed by atoms with Gasteiger partial charge in [0.25, 0.3) is 0 Å². The van der Waals surface area contributed by atoms with Crippen LogP contribution in [0, 0.1) is 22.7 Å². The molecule has 2 saturated heterocycles. The van der Waals surface area contributed by atoms with E-state index < -0.39 is 0 Å². The third kappa shape index (κ3) is 5.80. The highest BCUT2D eigenvalue weighted by atomic mass is 15.7. The Balaban J connectivity index is 1.37. The molecule has 0 unspecified atom stereocenters. The largest absolute Gasteiger partial charge is 0.264 e. The fourth-order valence-electron chi connectivity index (χ4n) is 4.20. The molecule has 0 spiro atoms. The molecule has 0 aliphatic carbocycles. The molecular formula is C25H30N10. The summed E-state index contributed by atoms with van der Waals surface area (Å²) in [6, 6.07) is 18.4. The van der Waals surface area contributed by atoms with Crippen molar-refractivity contribution in [3.05, 3.63) is 59.7 Å². The van der Waals surface area contributed by atoms with Gasteiger partial charge in [0.15, 0.2) is 0 Å². The predicted octanol–water partition coefficient (Wildman–Crippen LogP) is 4.79. The molecule has 180 valence electrons. The van der Waals surface area contributed by atoms with Gasteiger partial charge in [-0.2, -0.15) is 10.5 Å². The van der Waals surface area contributed by atoms with Crippen molar-refractivity contribution in [2.75, 3.05) is 33.1 Å². The molecule has 0 radical (unpaired) electrons. The van der Waals surface area contributed by atoms with E-state index in [1.54, 1.807) is 48.5 Å². The summed E-state index contributed by atoms with van der Waals surface area (Å²) >= 11 is 0. The first kappa shape index (κ1) is 24.3. The number of rotatable bonds is 6. The smallest absolute Gasteiger partial charge is 0.0991 e. The third-order valence-electron chi connectivity index (χ3n) is 6.43. The van der Waals surface area contributed by atoms with Crippen molar-refractivity contribution in [2.45, 2.75) is 38.8 Å². The molecule has 2 aromatic rings. The van der Waals surface area contributed by atoms with Crippen molar-refractivity contribution >= 4 is 11.4 Å². The fraction of sp³-hybridized carbons (Fsp3) is 0.440. The molecule has 2 aromatic carbocycles. The first-order valence-corrected chi connectivity index (χ1v) is 11.5. The number of hydrogen-bond acceptors (Lipinski definition) is 8. The van der Waals surface area contributed by atoms with E-state index in [0.29, 0.717) is 24.5 Å². The molecule has 2 heterocycles. The Labute approximate surface area is 206 Å². The van der Waals surface area contributed by atoms with Gasteiger partial charge in [0.2, 0.25) is 0 Å². The molecule has 4 rings (SSSR count). The van der Waals surface area contributed by atoms with Crippen LogP contribution in [0.4, 0.5) is 11.4 Å². The maximum Gasteiger partial charge on any atom is 0.0991 e. The Hall–Kier alpha value is -3.86. The third-order valence-corrected chi connectivity index (χ3v) is 6.43. The van der Waals surface area contributed by atoms with Gasteiger partial charge in [0.1, 0.15) is 0 Å². The molecule has 0 bridgehead atoms. The monoisotopic (exact) mass is 470 g/mol. The van der Waals surface area contributed by atoms with Crippen LogP contribution < -0.4 is 0 Å². The zero-order chi connectivity index (χ0) is 25.1. The van der Waals surface area contributed by atoms with E-state index in [2.05, 4.69) is 70.3 Å². The number of nitrogens with zero attached hydrogens (tertiary/aromatic N) is 10. The van der Waals surface area contributed by atoms with Crippen LogP contribution in [-0.4, -0.2) is 64.0 Å². The normalized spacial score (nSPS) is 20.1. The van der Waals surface area contributed by atoms with Crippen LogP contribution in [0.2, 0.25) is 0 Å². The van der Waals surface area contributed by atoms with Gasteiger partial charge in [-0.05, 0) is 76.2 Å². The fourth-order valence-corrected chi connectivity index (χ4v) is 4.20. The first-order valence-electron chi connectivity index (χ1n) is 11.5. The van der Waals surface area contributed by atoms with Gasteiger partial charge in [0.05, 0.1) is 67.7 Å². The van der Waals surface area contributed by atoms with Gasteiger partial charge in [-0.3, -0.25) is 19.8 Å². The van der Waals surface area contributed by atoms with Gasteiger partial charge in [-0.1, -0.05) is 10.4 Å². The minimum absolute atomic E-state index is 0.0722. The molecule has 10 heteroatoms. The van der Waals surface area contributed by atoms with Gasteiger partial charge in [-0.25, -0.2) is 0 Å². The van der Waals surface area contributed by atoms with Crippen molar-refractivity contribution in [2.24, 2.45) is 20.7 Å². The van der Waals surface area contributed by atoms with Crippen molar-refractivity contribution in [1.29, 1.82) is 10.5 Å². The highest BCUT2D eigenvalue weighted by Gasteiger charge is 2.43. The summed E-state index contributed by atoms with van der Waals surface area (Å²) in [7, 11) is 0. The maximum atomic E-state index is 8.94. The Morgan fingerprint density at radius 3 is 1.40 bits per heavy atom. The van der Waals surface area contributed by atoms with Gasteiger partial charge in [-0.15, -0.1) is 10.2 Å². The van der Waals surface area contributed by atoms with Crippen LogP contribution >= 0.6 is 0 Å². The highest BCUT2D eigenvalue weighted by Crippen LogP contribution is 2.30. The second kappa shape index (κ2) is 9.79. The molecule has 2 aliphatic rings. The minimum Gasteiger partial charge on any atom is -0.264 e. The topological polar surface area (TPSA) is 110 Å². The van der Waals surface area contributed by atoms with E-state index in [0.717, 1.165) is 31.1 Å². The van der Waals surface area contributed by atoms with Gasteiger partial charge < -0.3 is 0 Å². The van der Waals surface area contributed by atoms with Crippen LogP contribution in [0.15, 0.2) is 69.2 Å². The average Bonchev–Trinajstić information content (AvgIpc) is 3.30. The Morgan fingerprint density at radius 1 is 0.686 bits per heavy atom. The standard InChI is InChI=1S/C25H30N10/c1-24(2)15-34(30-28-22-9-5-20(13-26)6-10-22)18-32(24)17-33-19-35(16-25(33,3)4)31-29-23-11-7-21(14-27)8-12-23/h5-12H,15-19H2,1-4H3. The minimum atomic E-state index is -0.0722. The number of benzene rings is 2. The average molecular weight is 471 g/mol. The summed E-state index contributed by atoms with van der Waals surface area (Å²) in [6.45, 7) is 12.5. The van der Waals surface area contributed by atoms with Crippen LogP contribution in [0.3, 0.4) is 0 Å². The van der Waals surface area contributed by atoms with Crippen molar-refractivity contribution in [3.63, 3.8) is 0 Å². The summed E-state index contributed by atoms with van der Waals surface area (Å²) in [5, 5.41) is 39.4. The lowest BCUT2D eigenvalue weighted by atomic mass is 10.0. The highest BCUT2D eigenvalue weighted by molar-refractivity contribution is 5.42. The molecule has 2 fully saturated rings. The molecule has 0 atom stereocenters. The zero-order valence-corrected chi connectivity index (χ0v) is 20.6. The zero-order valence-electron chi connectivity index (χ0n) is 20.6. The molecule has 0 saturated carbocycles. The Kier molecular flexibility index (Phi) is 6.79. The van der Waals surface area contributed by atoms with E-state index in [1.165, 1.54) is 0 Å². The molecule has 10 nitrogen and oxygen atoms in total. The molecule has 0 aromatic heterocycles. The van der Waals surface area contributed by atoms with Crippen molar-refractivity contribution in [1.82, 2.24) is 19.8 Å². The lowest BCUT2D eigenvalue weighted by Crippen LogP contribution is -2.51. The van der Waals surface area contributed by atoms with Crippen LogP contribution in [0.25, 0.3) is 0 Å². The van der Waals surface area contributed by atoms with Crippen LogP contribution in [0.1, 0.15) is 38.8 Å².